The smallest absolute Gasteiger partial charge is 0.264 e. The number of carbonyl (C=O) groups is 1. The molecule has 0 atom stereocenters. The Hall–Kier alpha value is -2.15. The van der Waals surface area contributed by atoms with Crippen LogP contribution in [0, 0.1) is 6.92 Å². The van der Waals surface area contributed by atoms with Gasteiger partial charge in [0.15, 0.2) is 0 Å². The number of ether oxygens (including phenoxy) is 1. The van der Waals surface area contributed by atoms with E-state index in [-0.39, 0.29) is 5.91 Å². The third-order valence-electron chi connectivity index (χ3n) is 4.53. The highest BCUT2D eigenvalue weighted by Gasteiger charge is 2.21. The molecule has 1 amide bonds. The summed E-state index contributed by atoms with van der Waals surface area (Å²) in [6.45, 7) is 3.41. The number of hydrogen-bond acceptors (Lipinski definition) is 5. The zero-order chi connectivity index (χ0) is 20.3. The van der Waals surface area contributed by atoms with E-state index < -0.39 is 0 Å². The van der Waals surface area contributed by atoms with Crippen LogP contribution in [-0.2, 0) is 11.3 Å². The average molecular weight is 418 g/mol. The summed E-state index contributed by atoms with van der Waals surface area (Å²) < 4.78 is 5.24. The SMILES string of the molecule is COCCN(Cc1cc2ccc(Cl)cc2nc1N(C)C)C(=O)c1sccc1C. The van der Waals surface area contributed by atoms with Crippen molar-refractivity contribution in [2.24, 2.45) is 0 Å². The molecule has 2 heterocycles. The standard InChI is InChI=1S/C21H24ClN3O2S/c1-14-7-10-28-19(14)21(26)25(8-9-27-4)13-16-11-15-5-6-17(22)12-18(15)23-20(16)24(2)3/h5-7,10-12H,8-9,13H2,1-4H3. The average Bonchev–Trinajstić information content (AvgIpc) is 3.09. The minimum absolute atomic E-state index is 0.0189. The van der Waals surface area contributed by atoms with E-state index in [2.05, 4.69) is 6.07 Å². The van der Waals surface area contributed by atoms with Crippen molar-refractivity contribution in [1.29, 1.82) is 0 Å². The fraction of sp³-hybridized carbons (Fsp3) is 0.333. The van der Waals surface area contributed by atoms with Gasteiger partial charge in [-0.05, 0) is 42.1 Å². The van der Waals surface area contributed by atoms with Gasteiger partial charge in [0.2, 0.25) is 0 Å². The van der Waals surface area contributed by atoms with Gasteiger partial charge in [-0.3, -0.25) is 4.79 Å². The van der Waals surface area contributed by atoms with Crippen LogP contribution >= 0.6 is 22.9 Å². The van der Waals surface area contributed by atoms with Crippen molar-refractivity contribution >= 4 is 45.6 Å². The maximum Gasteiger partial charge on any atom is 0.264 e. The predicted molar refractivity (Wildman–Crippen MR) is 117 cm³/mol. The number of benzene rings is 1. The molecule has 0 fully saturated rings. The first-order chi connectivity index (χ1) is 13.4. The zero-order valence-corrected chi connectivity index (χ0v) is 18.1. The number of methoxy groups -OCH3 is 1. The highest BCUT2D eigenvalue weighted by molar-refractivity contribution is 7.12. The van der Waals surface area contributed by atoms with Crippen molar-refractivity contribution in [3.05, 3.63) is 56.7 Å². The van der Waals surface area contributed by atoms with Crippen molar-refractivity contribution < 1.29 is 9.53 Å². The molecule has 0 saturated heterocycles. The second-order valence-corrected chi connectivity index (χ2v) is 8.21. The van der Waals surface area contributed by atoms with E-state index >= 15 is 0 Å². The minimum atomic E-state index is 0.0189. The Balaban J connectivity index is 2.00. The summed E-state index contributed by atoms with van der Waals surface area (Å²) in [5.41, 5.74) is 2.82. The number of hydrogen-bond donors (Lipinski definition) is 0. The Bertz CT molecular complexity index is 987. The molecule has 148 valence electrons. The number of anilines is 1. The van der Waals surface area contributed by atoms with E-state index in [1.807, 2.05) is 60.5 Å². The van der Waals surface area contributed by atoms with Crippen LogP contribution in [0.1, 0.15) is 20.8 Å². The molecule has 0 aliphatic rings. The molecule has 3 aromatic rings. The van der Waals surface area contributed by atoms with E-state index in [0.29, 0.717) is 24.7 Å². The number of aromatic nitrogens is 1. The maximum atomic E-state index is 13.2. The van der Waals surface area contributed by atoms with Crippen LogP contribution in [0.5, 0.6) is 0 Å². The highest BCUT2D eigenvalue weighted by Crippen LogP contribution is 2.27. The van der Waals surface area contributed by atoms with Crippen LogP contribution in [0.2, 0.25) is 5.02 Å². The predicted octanol–water partition coefficient (Wildman–Crippen LogP) is 4.61. The molecule has 0 aliphatic carbocycles. The Morgan fingerprint density at radius 3 is 2.68 bits per heavy atom. The number of rotatable bonds is 7. The third kappa shape index (κ3) is 4.46. The topological polar surface area (TPSA) is 45.7 Å². The summed E-state index contributed by atoms with van der Waals surface area (Å²) in [5, 5.41) is 3.60. The van der Waals surface area contributed by atoms with Gasteiger partial charge >= 0.3 is 0 Å². The molecule has 0 radical (unpaired) electrons. The number of fused-ring (bicyclic) bond motifs is 1. The quantitative estimate of drug-likeness (QED) is 0.563. The molecule has 0 unspecified atom stereocenters. The molecule has 3 rings (SSSR count). The van der Waals surface area contributed by atoms with Crippen molar-refractivity contribution in [2.45, 2.75) is 13.5 Å². The van der Waals surface area contributed by atoms with Crippen molar-refractivity contribution in [2.75, 3.05) is 39.3 Å². The number of carbonyl (C=O) groups excluding carboxylic acids is 1. The van der Waals surface area contributed by atoms with Gasteiger partial charge in [-0.2, -0.15) is 0 Å². The molecular formula is C21H24ClN3O2S. The number of amides is 1. The monoisotopic (exact) mass is 417 g/mol. The molecule has 28 heavy (non-hydrogen) atoms. The number of nitrogens with zero attached hydrogens (tertiary/aromatic N) is 3. The van der Waals surface area contributed by atoms with Crippen LogP contribution in [0.4, 0.5) is 5.82 Å². The number of halogens is 1. The van der Waals surface area contributed by atoms with E-state index in [1.165, 1.54) is 11.3 Å². The Morgan fingerprint density at radius 1 is 1.25 bits per heavy atom. The summed E-state index contributed by atoms with van der Waals surface area (Å²) in [6, 6.07) is 9.73. The van der Waals surface area contributed by atoms with E-state index in [1.54, 1.807) is 7.11 Å². The summed E-state index contributed by atoms with van der Waals surface area (Å²) in [4.78, 5) is 22.5. The van der Waals surface area contributed by atoms with E-state index in [9.17, 15) is 4.79 Å². The summed E-state index contributed by atoms with van der Waals surface area (Å²) in [5.74, 6) is 0.846. The number of thiophene rings is 1. The molecule has 7 heteroatoms. The summed E-state index contributed by atoms with van der Waals surface area (Å²) in [7, 11) is 5.55. The van der Waals surface area contributed by atoms with Crippen LogP contribution in [0.3, 0.4) is 0 Å². The highest BCUT2D eigenvalue weighted by atomic mass is 35.5. The fourth-order valence-corrected chi connectivity index (χ4v) is 4.13. The van der Waals surface area contributed by atoms with Gasteiger partial charge in [-0.1, -0.05) is 17.7 Å². The van der Waals surface area contributed by atoms with Crippen LogP contribution in [-0.4, -0.2) is 50.1 Å². The Labute approximate surface area is 174 Å². The second kappa shape index (κ2) is 8.90. The van der Waals surface area contributed by atoms with Gasteiger partial charge < -0.3 is 14.5 Å². The molecule has 0 saturated carbocycles. The second-order valence-electron chi connectivity index (χ2n) is 6.85. The van der Waals surface area contributed by atoms with Gasteiger partial charge in [0, 0.05) is 50.3 Å². The third-order valence-corrected chi connectivity index (χ3v) is 5.77. The van der Waals surface area contributed by atoms with Gasteiger partial charge in [0.1, 0.15) is 5.82 Å². The van der Waals surface area contributed by atoms with Gasteiger partial charge in [-0.15, -0.1) is 11.3 Å². The zero-order valence-electron chi connectivity index (χ0n) is 16.5. The minimum Gasteiger partial charge on any atom is -0.383 e. The van der Waals surface area contributed by atoms with Crippen molar-refractivity contribution in [3.8, 4) is 0 Å². The number of pyridine rings is 1. The first-order valence-electron chi connectivity index (χ1n) is 8.99. The molecular weight excluding hydrogens is 394 g/mol. The lowest BCUT2D eigenvalue weighted by Gasteiger charge is -2.25. The van der Waals surface area contributed by atoms with Gasteiger partial charge in [-0.25, -0.2) is 4.98 Å². The van der Waals surface area contributed by atoms with Crippen LogP contribution in [0.25, 0.3) is 10.9 Å². The Morgan fingerprint density at radius 2 is 2.04 bits per heavy atom. The maximum absolute atomic E-state index is 13.2. The summed E-state index contributed by atoms with van der Waals surface area (Å²) >= 11 is 7.60. The van der Waals surface area contributed by atoms with Crippen LogP contribution in [0.15, 0.2) is 35.7 Å². The van der Waals surface area contributed by atoms with Crippen molar-refractivity contribution in [3.63, 3.8) is 0 Å². The molecule has 2 aromatic heterocycles. The lowest BCUT2D eigenvalue weighted by Crippen LogP contribution is -2.34. The fourth-order valence-electron chi connectivity index (χ4n) is 3.07. The van der Waals surface area contributed by atoms with E-state index in [0.717, 1.165) is 32.7 Å². The normalized spacial score (nSPS) is 11.0. The molecule has 5 nitrogen and oxygen atoms in total. The first kappa shape index (κ1) is 20.6. The molecule has 0 spiro atoms. The molecule has 0 bridgehead atoms. The van der Waals surface area contributed by atoms with Gasteiger partial charge in [0.25, 0.3) is 5.91 Å². The summed E-state index contributed by atoms with van der Waals surface area (Å²) in [6.07, 6.45) is 0. The molecule has 1 aromatic carbocycles. The Kier molecular flexibility index (Phi) is 6.54. The first-order valence-corrected chi connectivity index (χ1v) is 10.2. The lowest BCUT2D eigenvalue weighted by atomic mass is 10.1. The van der Waals surface area contributed by atoms with E-state index in [4.69, 9.17) is 21.3 Å². The van der Waals surface area contributed by atoms with Gasteiger partial charge in [0.05, 0.1) is 17.0 Å². The molecule has 0 aliphatic heterocycles. The molecule has 0 N–H and O–H groups in total. The van der Waals surface area contributed by atoms with Crippen molar-refractivity contribution in [1.82, 2.24) is 9.88 Å². The number of aryl methyl sites for hydroxylation is 1. The van der Waals surface area contributed by atoms with Crippen LogP contribution < -0.4 is 4.90 Å². The largest absolute Gasteiger partial charge is 0.383 e. The lowest BCUT2D eigenvalue weighted by molar-refractivity contribution is 0.0685.